The van der Waals surface area contributed by atoms with Crippen LogP contribution in [0.4, 0.5) is 0 Å². The zero-order valence-electron chi connectivity index (χ0n) is 11.6. The van der Waals surface area contributed by atoms with Gasteiger partial charge in [0, 0.05) is 13.0 Å². The van der Waals surface area contributed by atoms with Crippen molar-refractivity contribution in [3.05, 3.63) is 0 Å². The van der Waals surface area contributed by atoms with Gasteiger partial charge in [-0.05, 0) is 37.3 Å². The highest BCUT2D eigenvalue weighted by molar-refractivity contribution is 5.76. The Labute approximate surface area is 106 Å². The van der Waals surface area contributed by atoms with Gasteiger partial charge in [-0.25, -0.2) is 0 Å². The second-order valence-electron chi connectivity index (χ2n) is 5.72. The highest BCUT2D eigenvalue weighted by Gasteiger charge is 2.27. The first-order chi connectivity index (χ1) is 8.09. The number of hydrogen-bond acceptors (Lipinski definition) is 2. The van der Waals surface area contributed by atoms with Crippen LogP contribution < -0.4 is 10.6 Å². The molecule has 1 amide bonds. The summed E-state index contributed by atoms with van der Waals surface area (Å²) in [6, 6.07) is 0. The van der Waals surface area contributed by atoms with Crippen molar-refractivity contribution in [3.8, 4) is 0 Å². The lowest BCUT2D eigenvalue weighted by Gasteiger charge is -2.34. The van der Waals surface area contributed by atoms with E-state index in [9.17, 15) is 4.79 Å². The molecule has 0 radical (unpaired) electrons. The number of amides is 1. The monoisotopic (exact) mass is 240 g/mol. The number of hydrogen-bond donors (Lipinski definition) is 2. The molecule has 1 rings (SSSR count). The number of carbonyl (C=O) groups is 1. The van der Waals surface area contributed by atoms with Gasteiger partial charge in [-0.3, -0.25) is 4.79 Å². The molecule has 3 heteroatoms. The van der Waals surface area contributed by atoms with Crippen molar-refractivity contribution in [2.45, 2.75) is 52.9 Å². The Morgan fingerprint density at radius 3 is 2.41 bits per heavy atom. The van der Waals surface area contributed by atoms with Crippen molar-refractivity contribution in [1.29, 1.82) is 0 Å². The molecule has 0 spiro atoms. The molecule has 0 aromatic heterocycles. The first-order valence-corrected chi connectivity index (χ1v) is 7.07. The number of carbonyl (C=O) groups excluding carboxylic acids is 1. The molecule has 0 aromatic rings. The molecule has 0 aromatic carbocycles. The fourth-order valence-electron chi connectivity index (χ4n) is 2.43. The average Bonchev–Trinajstić information content (AvgIpc) is 2.34. The van der Waals surface area contributed by atoms with Crippen LogP contribution in [0.5, 0.6) is 0 Å². The Balaban J connectivity index is 2.27. The molecule has 1 aliphatic heterocycles. The number of rotatable bonds is 6. The number of nitrogens with one attached hydrogen (secondary N) is 2. The van der Waals surface area contributed by atoms with Gasteiger partial charge in [0.15, 0.2) is 0 Å². The van der Waals surface area contributed by atoms with E-state index in [4.69, 9.17) is 0 Å². The molecule has 2 N–H and O–H groups in total. The van der Waals surface area contributed by atoms with Gasteiger partial charge >= 0.3 is 0 Å². The maximum atomic E-state index is 11.8. The molecule has 1 aliphatic rings. The molecule has 0 saturated carbocycles. The molecular weight excluding hydrogens is 212 g/mol. The van der Waals surface area contributed by atoms with Crippen LogP contribution in [0.1, 0.15) is 52.9 Å². The summed E-state index contributed by atoms with van der Waals surface area (Å²) >= 11 is 0. The quantitative estimate of drug-likeness (QED) is 0.748. The maximum Gasteiger partial charge on any atom is 0.220 e. The normalized spacial score (nSPS) is 19.3. The van der Waals surface area contributed by atoms with Crippen molar-refractivity contribution < 1.29 is 4.79 Å². The van der Waals surface area contributed by atoms with Gasteiger partial charge in [0.1, 0.15) is 0 Å². The van der Waals surface area contributed by atoms with Crippen molar-refractivity contribution in [3.63, 3.8) is 0 Å². The predicted molar refractivity (Wildman–Crippen MR) is 71.9 cm³/mol. The van der Waals surface area contributed by atoms with Crippen LogP contribution in [0, 0.1) is 11.3 Å². The SMILES string of the molecule is CCC(CC)CC(=O)NCC1(C)CCNCC1. The summed E-state index contributed by atoms with van der Waals surface area (Å²) in [5.74, 6) is 0.786. The molecule has 3 nitrogen and oxygen atoms in total. The Hall–Kier alpha value is -0.570. The van der Waals surface area contributed by atoms with Crippen LogP contribution in [-0.4, -0.2) is 25.5 Å². The van der Waals surface area contributed by atoms with E-state index in [2.05, 4.69) is 31.4 Å². The van der Waals surface area contributed by atoms with E-state index in [1.165, 1.54) is 0 Å². The fraction of sp³-hybridized carbons (Fsp3) is 0.929. The molecule has 100 valence electrons. The first-order valence-electron chi connectivity index (χ1n) is 7.07. The summed E-state index contributed by atoms with van der Waals surface area (Å²) in [6.07, 6.45) is 5.23. The second-order valence-corrected chi connectivity index (χ2v) is 5.72. The lowest BCUT2D eigenvalue weighted by Crippen LogP contribution is -2.43. The minimum absolute atomic E-state index is 0.235. The van der Waals surface area contributed by atoms with E-state index in [1.54, 1.807) is 0 Å². The molecule has 0 atom stereocenters. The topological polar surface area (TPSA) is 41.1 Å². The number of piperidine rings is 1. The van der Waals surface area contributed by atoms with Crippen LogP contribution >= 0.6 is 0 Å². The molecule has 17 heavy (non-hydrogen) atoms. The van der Waals surface area contributed by atoms with Crippen molar-refractivity contribution in [2.24, 2.45) is 11.3 Å². The predicted octanol–water partition coefficient (Wildman–Crippen LogP) is 2.32. The zero-order valence-corrected chi connectivity index (χ0v) is 11.6. The van der Waals surface area contributed by atoms with E-state index in [1.807, 2.05) is 0 Å². The largest absolute Gasteiger partial charge is 0.356 e. The first kappa shape index (κ1) is 14.5. The van der Waals surface area contributed by atoms with Crippen LogP contribution in [0.25, 0.3) is 0 Å². The minimum atomic E-state index is 0.235. The van der Waals surface area contributed by atoms with Crippen LogP contribution in [0.15, 0.2) is 0 Å². The highest BCUT2D eigenvalue weighted by Crippen LogP contribution is 2.26. The average molecular weight is 240 g/mol. The van der Waals surface area contributed by atoms with Crippen LogP contribution in [0.2, 0.25) is 0 Å². The third kappa shape index (κ3) is 5.07. The molecule has 0 bridgehead atoms. The van der Waals surface area contributed by atoms with Crippen molar-refractivity contribution in [2.75, 3.05) is 19.6 Å². The lowest BCUT2D eigenvalue weighted by molar-refractivity contribution is -0.122. The van der Waals surface area contributed by atoms with Gasteiger partial charge in [-0.1, -0.05) is 33.6 Å². The minimum Gasteiger partial charge on any atom is -0.356 e. The molecule has 1 fully saturated rings. The third-order valence-electron chi connectivity index (χ3n) is 4.15. The van der Waals surface area contributed by atoms with Gasteiger partial charge in [-0.2, -0.15) is 0 Å². The zero-order chi connectivity index (χ0) is 12.7. The fourth-order valence-corrected chi connectivity index (χ4v) is 2.43. The standard InChI is InChI=1S/C14H28N2O/c1-4-12(5-2)10-13(17)16-11-14(3)6-8-15-9-7-14/h12,15H,4-11H2,1-3H3,(H,16,17). The van der Waals surface area contributed by atoms with E-state index in [0.717, 1.165) is 45.3 Å². The summed E-state index contributed by atoms with van der Waals surface area (Å²) in [7, 11) is 0. The summed E-state index contributed by atoms with van der Waals surface area (Å²) < 4.78 is 0. The van der Waals surface area contributed by atoms with Gasteiger partial charge < -0.3 is 10.6 Å². The highest BCUT2D eigenvalue weighted by atomic mass is 16.1. The maximum absolute atomic E-state index is 11.8. The molecule has 0 aliphatic carbocycles. The van der Waals surface area contributed by atoms with Crippen molar-refractivity contribution >= 4 is 5.91 Å². The van der Waals surface area contributed by atoms with Crippen LogP contribution in [0.3, 0.4) is 0 Å². The Morgan fingerprint density at radius 2 is 1.88 bits per heavy atom. The van der Waals surface area contributed by atoms with E-state index in [-0.39, 0.29) is 5.91 Å². The Kier molecular flexibility index (Phi) is 5.96. The molecular formula is C14H28N2O. The van der Waals surface area contributed by atoms with E-state index in [0.29, 0.717) is 17.8 Å². The summed E-state index contributed by atoms with van der Waals surface area (Å²) in [4.78, 5) is 11.8. The Morgan fingerprint density at radius 1 is 1.29 bits per heavy atom. The van der Waals surface area contributed by atoms with Gasteiger partial charge in [0.05, 0.1) is 0 Å². The van der Waals surface area contributed by atoms with Gasteiger partial charge in [0.2, 0.25) is 5.91 Å². The molecule has 0 unspecified atom stereocenters. The summed E-state index contributed by atoms with van der Waals surface area (Å²) in [5.41, 5.74) is 0.300. The van der Waals surface area contributed by atoms with E-state index < -0.39 is 0 Å². The van der Waals surface area contributed by atoms with Crippen molar-refractivity contribution in [1.82, 2.24) is 10.6 Å². The van der Waals surface area contributed by atoms with Gasteiger partial charge in [-0.15, -0.1) is 0 Å². The summed E-state index contributed by atoms with van der Waals surface area (Å²) in [5, 5.41) is 6.49. The molecule has 1 heterocycles. The smallest absolute Gasteiger partial charge is 0.220 e. The van der Waals surface area contributed by atoms with Crippen LogP contribution in [-0.2, 0) is 4.79 Å². The van der Waals surface area contributed by atoms with Gasteiger partial charge in [0.25, 0.3) is 0 Å². The lowest BCUT2D eigenvalue weighted by atomic mass is 9.81. The summed E-state index contributed by atoms with van der Waals surface area (Å²) in [6.45, 7) is 9.61. The molecule has 1 saturated heterocycles. The second kappa shape index (κ2) is 7.00. The Bertz CT molecular complexity index is 230. The third-order valence-corrected chi connectivity index (χ3v) is 4.15. The van der Waals surface area contributed by atoms with E-state index >= 15 is 0 Å².